The molecule has 6 nitrogen and oxygen atoms in total. The molecule has 0 aliphatic carbocycles. The van der Waals surface area contributed by atoms with Crippen LogP contribution in [0.15, 0.2) is 57.8 Å². The van der Waals surface area contributed by atoms with Gasteiger partial charge in [-0.1, -0.05) is 38.1 Å². The topological polar surface area (TPSA) is 78.8 Å². The van der Waals surface area contributed by atoms with E-state index in [2.05, 4.69) is 23.6 Å². The Morgan fingerprint density at radius 3 is 2.38 bits per heavy atom. The Morgan fingerprint density at radius 2 is 1.72 bits per heavy atom. The lowest BCUT2D eigenvalue weighted by molar-refractivity contribution is -0.120. The molecule has 2 aromatic rings. The van der Waals surface area contributed by atoms with Crippen LogP contribution in [0.25, 0.3) is 0 Å². The molecule has 0 aromatic heterocycles. The van der Waals surface area contributed by atoms with Gasteiger partial charge in [0.1, 0.15) is 4.90 Å². The first kappa shape index (κ1) is 19.6. The first-order valence-corrected chi connectivity index (χ1v) is 11.4. The monoisotopic (exact) mass is 411 g/mol. The Balaban J connectivity index is 1.39. The van der Waals surface area contributed by atoms with Crippen LogP contribution in [0.4, 0.5) is 5.69 Å². The summed E-state index contributed by atoms with van der Waals surface area (Å²) in [4.78, 5) is 14.9. The van der Waals surface area contributed by atoms with E-state index in [1.165, 1.54) is 5.56 Å². The van der Waals surface area contributed by atoms with Gasteiger partial charge in [-0.15, -0.1) is 4.40 Å². The molecular formula is C22H25N3O3S. The van der Waals surface area contributed by atoms with Gasteiger partial charge in [-0.25, -0.2) is 0 Å². The lowest BCUT2D eigenvalue weighted by atomic mass is 9.95. The van der Waals surface area contributed by atoms with Gasteiger partial charge >= 0.3 is 0 Å². The van der Waals surface area contributed by atoms with E-state index in [4.69, 9.17) is 0 Å². The highest BCUT2D eigenvalue weighted by atomic mass is 32.2. The molecule has 2 heterocycles. The Labute approximate surface area is 171 Å². The van der Waals surface area contributed by atoms with Crippen molar-refractivity contribution in [3.63, 3.8) is 0 Å². The van der Waals surface area contributed by atoms with Crippen molar-refractivity contribution < 1.29 is 13.2 Å². The number of likely N-dealkylation sites (tertiary alicyclic amines) is 1. The molecule has 152 valence electrons. The van der Waals surface area contributed by atoms with Gasteiger partial charge in [0.25, 0.3) is 10.0 Å². The Kier molecular flexibility index (Phi) is 5.17. The summed E-state index contributed by atoms with van der Waals surface area (Å²) in [5, 5.41) is 3.01. The fourth-order valence-corrected chi connectivity index (χ4v) is 5.09. The zero-order valence-corrected chi connectivity index (χ0v) is 17.4. The molecule has 1 fully saturated rings. The molecule has 2 aliphatic rings. The van der Waals surface area contributed by atoms with Gasteiger partial charge < -0.3 is 10.2 Å². The van der Waals surface area contributed by atoms with Gasteiger partial charge in [0, 0.05) is 30.3 Å². The number of fused-ring (bicyclic) bond motifs is 1. The van der Waals surface area contributed by atoms with Gasteiger partial charge in [0.15, 0.2) is 5.84 Å². The van der Waals surface area contributed by atoms with Crippen molar-refractivity contribution in [1.82, 2.24) is 4.90 Å². The van der Waals surface area contributed by atoms with Crippen molar-refractivity contribution in [1.29, 1.82) is 0 Å². The van der Waals surface area contributed by atoms with Crippen LogP contribution in [0.3, 0.4) is 0 Å². The second-order valence-electron chi connectivity index (χ2n) is 7.91. The molecular weight excluding hydrogens is 386 g/mol. The standard InChI is InChI=1S/C22H25N3O3S/c1-15(2)16-7-9-18(10-8-16)23-22(26)17-11-13-25(14-12-17)21-19-5-3-4-6-20(19)29(27,28)24-21/h3-10,15,17H,11-14H2,1-2H3,(H,23,26). The van der Waals surface area contributed by atoms with E-state index in [1.54, 1.807) is 18.2 Å². The summed E-state index contributed by atoms with van der Waals surface area (Å²) in [7, 11) is -3.62. The molecule has 0 spiro atoms. The molecule has 4 rings (SSSR count). The Morgan fingerprint density at radius 1 is 1.07 bits per heavy atom. The molecule has 1 saturated heterocycles. The number of amidine groups is 1. The normalized spacial score (nSPS) is 18.4. The maximum Gasteiger partial charge on any atom is 0.285 e. The second-order valence-corrected chi connectivity index (χ2v) is 9.49. The van der Waals surface area contributed by atoms with Crippen molar-refractivity contribution in [2.24, 2.45) is 10.3 Å². The predicted molar refractivity (Wildman–Crippen MR) is 114 cm³/mol. The zero-order chi connectivity index (χ0) is 20.6. The van der Waals surface area contributed by atoms with Gasteiger partial charge in [0.05, 0.1) is 0 Å². The van der Waals surface area contributed by atoms with Crippen LogP contribution in [-0.4, -0.2) is 38.2 Å². The van der Waals surface area contributed by atoms with Crippen LogP contribution >= 0.6 is 0 Å². The minimum atomic E-state index is -3.62. The lowest BCUT2D eigenvalue weighted by Crippen LogP contribution is -2.41. The number of nitrogens with one attached hydrogen (secondary N) is 1. The summed E-state index contributed by atoms with van der Waals surface area (Å²) in [6, 6.07) is 14.9. The summed E-state index contributed by atoms with van der Waals surface area (Å²) in [6.07, 6.45) is 1.33. The molecule has 2 aliphatic heterocycles. The highest BCUT2D eigenvalue weighted by Gasteiger charge is 2.34. The minimum Gasteiger partial charge on any atom is -0.355 e. The fraction of sp³-hybridized carbons (Fsp3) is 0.364. The van der Waals surface area contributed by atoms with Gasteiger partial charge in [0.2, 0.25) is 5.91 Å². The van der Waals surface area contributed by atoms with Crippen molar-refractivity contribution in [2.75, 3.05) is 18.4 Å². The van der Waals surface area contributed by atoms with E-state index >= 15 is 0 Å². The van der Waals surface area contributed by atoms with Crippen LogP contribution in [-0.2, 0) is 14.8 Å². The molecule has 0 atom stereocenters. The van der Waals surface area contributed by atoms with E-state index < -0.39 is 10.0 Å². The van der Waals surface area contributed by atoms with Crippen LogP contribution in [0.5, 0.6) is 0 Å². The van der Waals surface area contributed by atoms with Crippen LogP contribution in [0, 0.1) is 5.92 Å². The van der Waals surface area contributed by atoms with Crippen LogP contribution < -0.4 is 5.32 Å². The number of hydrogen-bond acceptors (Lipinski definition) is 4. The number of carbonyl (C=O) groups is 1. The maximum atomic E-state index is 12.7. The van der Waals surface area contributed by atoms with E-state index in [0.29, 0.717) is 43.2 Å². The number of rotatable bonds is 3. The number of sulfonamides is 1. The van der Waals surface area contributed by atoms with Crippen LogP contribution in [0.1, 0.15) is 43.7 Å². The number of hydrogen-bond donors (Lipinski definition) is 1. The summed E-state index contributed by atoms with van der Waals surface area (Å²) >= 11 is 0. The minimum absolute atomic E-state index is 0.0170. The largest absolute Gasteiger partial charge is 0.355 e. The third kappa shape index (κ3) is 3.92. The van der Waals surface area contributed by atoms with Gasteiger partial charge in [-0.05, 0) is 48.6 Å². The van der Waals surface area contributed by atoms with E-state index in [1.807, 2.05) is 35.2 Å². The number of carbonyl (C=O) groups excluding carboxylic acids is 1. The van der Waals surface area contributed by atoms with E-state index in [9.17, 15) is 13.2 Å². The van der Waals surface area contributed by atoms with Crippen molar-refractivity contribution >= 4 is 27.5 Å². The van der Waals surface area contributed by atoms with Crippen LogP contribution in [0.2, 0.25) is 0 Å². The van der Waals surface area contributed by atoms with Crippen molar-refractivity contribution in [3.8, 4) is 0 Å². The molecule has 1 N–H and O–H groups in total. The van der Waals surface area contributed by atoms with Gasteiger partial charge in [-0.2, -0.15) is 8.42 Å². The lowest BCUT2D eigenvalue weighted by Gasteiger charge is -2.32. The second kappa shape index (κ2) is 7.63. The molecule has 1 amide bonds. The third-order valence-corrected chi connectivity index (χ3v) is 6.95. The summed E-state index contributed by atoms with van der Waals surface area (Å²) in [5.74, 6) is 0.883. The van der Waals surface area contributed by atoms with Crippen molar-refractivity contribution in [2.45, 2.75) is 37.5 Å². The summed E-state index contributed by atoms with van der Waals surface area (Å²) in [6.45, 7) is 5.49. The molecule has 0 radical (unpaired) electrons. The molecule has 29 heavy (non-hydrogen) atoms. The van der Waals surface area contributed by atoms with E-state index in [-0.39, 0.29) is 16.7 Å². The maximum absolute atomic E-state index is 12.7. The van der Waals surface area contributed by atoms with E-state index in [0.717, 1.165) is 5.69 Å². The first-order valence-electron chi connectivity index (χ1n) is 9.95. The highest BCUT2D eigenvalue weighted by Crippen LogP contribution is 2.30. The summed E-state index contributed by atoms with van der Waals surface area (Å²) in [5.41, 5.74) is 2.70. The SMILES string of the molecule is CC(C)c1ccc(NC(=O)C2CCN(C3=NS(=O)(=O)c4ccccc43)CC2)cc1. The van der Waals surface area contributed by atoms with Crippen molar-refractivity contribution in [3.05, 3.63) is 59.7 Å². The number of benzene rings is 2. The fourth-order valence-electron chi connectivity index (χ4n) is 3.87. The molecule has 0 saturated carbocycles. The average Bonchev–Trinajstić information content (AvgIpc) is 3.00. The summed E-state index contributed by atoms with van der Waals surface area (Å²) < 4.78 is 28.5. The number of nitrogens with zero attached hydrogens (tertiary/aromatic N) is 2. The molecule has 7 heteroatoms. The Hall–Kier alpha value is -2.67. The molecule has 0 unspecified atom stereocenters. The smallest absolute Gasteiger partial charge is 0.285 e. The first-order chi connectivity index (χ1) is 13.8. The van der Waals surface area contributed by atoms with Gasteiger partial charge in [-0.3, -0.25) is 4.79 Å². The molecule has 2 aromatic carbocycles. The number of piperidine rings is 1. The Bertz CT molecular complexity index is 1050. The average molecular weight is 412 g/mol. The highest BCUT2D eigenvalue weighted by molar-refractivity contribution is 7.90. The molecule has 0 bridgehead atoms. The predicted octanol–water partition coefficient (Wildman–Crippen LogP) is 3.61. The third-order valence-electron chi connectivity index (χ3n) is 5.62. The quantitative estimate of drug-likeness (QED) is 0.837. The number of anilines is 1. The zero-order valence-electron chi connectivity index (χ0n) is 16.6. The number of amides is 1.